The molecule has 1 aliphatic rings. The highest BCUT2D eigenvalue weighted by atomic mass is 19.4. The van der Waals surface area contributed by atoms with Gasteiger partial charge in [-0.25, -0.2) is 5.01 Å². The van der Waals surface area contributed by atoms with Gasteiger partial charge in [0.1, 0.15) is 6.04 Å². The lowest BCUT2D eigenvalue weighted by molar-refractivity contribution is -0.191. The zero-order valence-electron chi connectivity index (χ0n) is 15.2. The van der Waals surface area contributed by atoms with Gasteiger partial charge in [0.25, 0.3) is 0 Å². The van der Waals surface area contributed by atoms with Crippen molar-refractivity contribution in [2.75, 3.05) is 6.54 Å². The van der Waals surface area contributed by atoms with Gasteiger partial charge in [-0.1, -0.05) is 43.7 Å². The lowest BCUT2D eigenvalue weighted by Crippen LogP contribution is -2.43. The Kier molecular flexibility index (Phi) is 4.73. The van der Waals surface area contributed by atoms with Crippen LogP contribution in [0.2, 0.25) is 0 Å². The Balaban J connectivity index is 2.04. The standard InChI is InChI=1S/C20H23F3N2O/c1-4-6-13-7-5-8-14-11-15(9-10-16(13)14)17(20(21,22)23)25-12-19(2,3)18(26)24-25/h5,7-11,17H,4,6,12H2,1-3H3,(H,24,26). The Morgan fingerprint density at radius 1 is 1.23 bits per heavy atom. The van der Waals surface area contributed by atoms with Crippen LogP contribution in [-0.4, -0.2) is 23.6 Å². The van der Waals surface area contributed by atoms with Gasteiger partial charge in [-0.2, -0.15) is 13.2 Å². The molecule has 0 aromatic heterocycles. The zero-order valence-corrected chi connectivity index (χ0v) is 15.2. The summed E-state index contributed by atoms with van der Waals surface area (Å²) in [6.45, 7) is 5.37. The van der Waals surface area contributed by atoms with Crippen molar-refractivity contribution in [1.82, 2.24) is 10.4 Å². The van der Waals surface area contributed by atoms with Crippen molar-refractivity contribution in [2.45, 2.75) is 45.8 Å². The van der Waals surface area contributed by atoms with Crippen molar-refractivity contribution in [1.29, 1.82) is 0 Å². The molecular weight excluding hydrogens is 341 g/mol. The Hall–Kier alpha value is -2.08. The highest BCUT2D eigenvalue weighted by Gasteiger charge is 2.51. The van der Waals surface area contributed by atoms with E-state index in [1.807, 2.05) is 18.2 Å². The summed E-state index contributed by atoms with van der Waals surface area (Å²) in [6, 6.07) is 8.72. The molecule has 0 bridgehead atoms. The number of nitrogens with zero attached hydrogens (tertiary/aromatic N) is 1. The largest absolute Gasteiger partial charge is 0.409 e. The third-order valence-corrected chi connectivity index (χ3v) is 4.88. The first kappa shape index (κ1) is 18.7. The zero-order chi connectivity index (χ0) is 19.1. The lowest BCUT2D eigenvalue weighted by atomic mass is 9.93. The normalized spacial score (nSPS) is 18.9. The Bertz CT molecular complexity index is 829. The van der Waals surface area contributed by atoms with Crippen LogP contribution in [0.5, 0.6) is 0 Å². The Labute approximate surface area is 151 Å². The van der Waals surface area contributed by atoms with Crippen molar-refractivity contribution in [2.24, 2.45) is 5.41 Å². The van der Waals surface area contributed by atoms with Gasteiger partial charge in [0.05, 0.1) is 5.41 Å². The number of hydrogen-bond acceptors (Lipinski definition) is 2. The molecule has 1 aliphatic heterocycles. The van der Waals surface area contributed by atoms with E-state index in [0.717, 1.165) is 34.2 Å². The maximum absolute atomic E-state index is 13.8. The number of benzene rings is 2. The van der Waals surface area contributed by atoms with E-state index in [1.54, 1.807) is 26.0 Å². The van der Waals surface area contributed by atoms with E-state index in [1.165, 1.54) is 6.07 Å². The van der Waals surface area contributed by atoms with Gasteiger partial charge in [-0.05, 0) is 48.2 Å². The van der Waals surface area contributed by atoms with Crippen LogP contribution in [0.1, 0.15) is 44.4 Å². The molecule has 1 saturated heterocycles. The number of carbonyl (C=O) groups is 1. The van der Waals surface area contributed by atoms with Gasteiger partial charge in [0.15, 0.2) is 0 Å². The molecule has 1 fully saturated rings. The third kappa shape index (κ3) is 3.43. The fourth-order valence-electron chi connectivity index (χ4n) is 3.55. The van der Waals surface area contributed by atoms with E-state index in [-0.39, 0.29) is 12.1 Å². The smallest absolute Gasteiger partial charge is 0.287 e. The predicted molar refractivity (Wildman–Crippen MR) is 95.4 cm³/mol. The van der Waals surface area contributed by atoms with Gasteiger partial charge in [0.2, 0.25) is 5.91 Å². The summed E-state index contributed by atoms with van der Waals surface area (Å²) in [4.78, 5) is 12.0. The number of nitrogens with one attached hydrogen (secondary N) is 1. The minimum Gasteiger partial charge on any atom is -0.287 e. The van der Waals surface area contributed by atoms with Crippen LogP contribution >= 0.6 is 0 Å². The van der Waals surface area contributed by atoms with Gasteiger partial charge < -0.3 is 0 Å². The molecule has 2 aromatic carbocycles. The SMILES string of the molecule is CCCc1cccc2cc(C(N3CC(C)(C)C(=O)N3)C(F)(F)F)ccc12. The molecule has 1 amide bonds. The molecule has 3 rings (SSSR count). The number of carbonyl (C=O) groups excluding carboxylic acids is 1. The highest BCUT2D eigenvalue weighted by molar-refractivity contribution is 5.86. The summed E-state index contributed by atoms with van der Waals surface area (Å²) in [5, 5.41) is 2.77. The van der Waals surface area contributed by atoms with Crippen LogP contribution in [0.4, 0.5) is 13.2 Å². The number of alkyl halides is 3. The second-order valence-corrected chi connectivity index (χ2v) is 7.54. The molecule has 140 valence electrons. The summed E-state index contributed by atoms with van der Waals surface area (Å²) in [7, 11) is 0. The van der Waals surface area contributed by atoms with E-state index in [4.69, 9.17) is 0 Å². The molecule has 26 heavy (non-hydrogen) atoms. The van der Waals surface area contributed by atoms with Crippen molar-refractivity contribution in [3.8, 4) is 0 Å². The molecule has 2 aromatic rings. The van der Waals surface area contributed by atoms with Crippen LogP contribution < -0.4 is 5.43 Å². The Morgan fingerprint density at radius 3 is 2.54 bits per heavy atom. The molecule has 1 N–H and O–H groups in total. The molecule has 1 atom stereocenters. The van der Waals surface area contributed by atoms with E-state index in [9.17, 15) is 18.0 Å². The van der Waals surface area contributed by atoms with Crippen molar-refractivity contribution < 1.29 is 18.0 Å². The number of halogens is 3. The molecule has 1 heterocycles. The van der Waals surface area contributed by atoms with E-state index < -0.39 is 23.5 Å². The maximum atomic E-state index is 13.8. The van der Waals surface area contributed by atoms with Crippen molar-refractivity contribution >= 4 is 16.7 Å². The number of hydrazine groups is 1. The van der Waals surface area contributed by atoms with Gasteiger partial charge in [0, 0.05) is 6.54 Å². The van der Waals surface area contributed by atoms with Crippen molar-refractivity contribution in [3.05, 3.63) is 47.5 Å². The van der Waals surface area contributed by atoms with Crippen LogP contribution in [0, 0.1) is 5.41 Å². The van der Waals surface area contributed by atoms with Crippen molar-refractivity contribution in [3.63, 3.8) is 0 Å². The monoisotopic (exact) mass is 364 g/mol. The lowest BCUT2D eigenvalue weighted by Gasteiger charge is -2.30. The summed E-state index contributed by atoms with van der Waals surface area (Å²) < 4.78 is 41.5. The van der Waals surface area contributed by atoms with Crippen LogP contribution in [0.3, 0.4) is 0 Å². The third-order valence-electron chi connectivity index (χ3n) is 4.88. The molecular formula is C20H23F3N2O. The van der Waals surface area contributed by atoms with Gasteiger partial charge >= 0.3 is 6.18 Å². The first-order valence-electron chi connectivity index (χ1n) is 8.79. The number of rotatable bonds is 4. The van der Waals surface area contributed by atoms with Crippen LogP contribution in [0.15, 0.2) is 36.4 Å². The second-order valence-electron chi connectivity index (χ2n) is 7.54. The number of fused-ring (bicyclic) bond motifs is 1. The molecule has 0 saturated carbocycles. The molecule has 3 nitrogen and oxygen atoms in total. The predicted octanol–water partition coefficient (Wildman–Crippen LogP) is 4.77. The summed E-state index contributed by atoms with van der Waals surface area (Å²) in [6.07, 6.45) is -2.64. The van der Waals surface area contributed by atoms with E-state index in [0.29, 0.717) is 0 Å². The maximum Gasteiger partial charge on any atom is 0.409 e. The summed E-state index contributed by atoms with van der Waals surface area (Å²) in [5.74, 6) is -0.391. The van der Waals surface area contributed by atoms with Gasteiger partial charge in [-0.15, -0.1) is 0 Å². The van der Waals surface area contributed by atoms with Crippen LogP contribution in [-0.2, 0) is 11.2 Å². The fourth-order valence-corrected chi connectivity index (χ4v) is 3.55. The molecule has 0 spiro atoms. The summed E-state index contributed by atoms with van der Waals surface area (Å²) in [5.41, 5.74) is 2.82. The number of aryl methyl sites for hydroxylation is 1. The Morgan fingerprint density at radius 2 is 1.96 bits per heavy atom. The minimum atomic E-state index is -4.50. The highest BCUT2D eigenvalue weighted by Crippen LogP contribution is 2.41. The molecule has 0 aliphatic carbocycles. The van der Waals surface area contributed by atoms with Gasteiger partial charge in [-0.3, -0.25) is 10.2 Å². The fraction of sp³-hybridized carbons (Fsp3) is 0.450. The summed E-state index contributed by atoms with van der Waals surface area (Å²) >= 11 is 0. The minimum absolute atomic E-state index is 0.00389. The average molecular weight is 364 g/mol. The number of hydrogen-bond donors (Lipinski definition) is 1. The molecule has 6 heteroatoms. The molecule has 1 unspecified atom stereocenters. The van der Waals surface area contributed by atoms with Crippen LogP contribution in [0.25, 0.3) is 10.8 Å². The second kappa shape index (κ2) is 6.58. The average Bonchev–Trinajstić information content (AvgIpc) is 2.79. The quantitative estimate of drug-likeness (QED) is 0.848. The van der Waals surface area contributed by atoms with E-state index in [2.05, 4.69) is 12.3 Å². The topological polar surface area (TPSA) is 32.3 Å². The van der Waals surface area contributed by atoms with E-state index >= 15 is 0 Å². The first-order valence-corrected chi connectivity index (χ1v) is 8.79. The molecule has 0 radical (unpaired) electrons. The first-order chi connectivity index (χ1) is 12.1. The number of amides is 1.